The maximum atomic E-state index is 13.0. The minimum atomic E-state index is -0.907. The molecule has 0 aliphatic rings. The SMILES string of the molecule is COc1nc(C(N)=O)c(F)cc1C. The van der Waals surface area contributed by atoms with Crippen LogP contribution in [0.15, 0.2) is 6.07 Å². The summed E-state index contributed by atoms with van der Waals surface area (Å²) >= 11 is 0. The Morgan fingerprint density at radius 1 is 1.69 bits per heavy atom. The molecule has 0 aromatic carbocycles. The van der Waals surface area contributed by atoms with Crippen LogP contribution in [-0.2, 0) is 0 Å². The molecule has 0 unspecified atom stereocenters. The fourth-order valence-electron chi connectivity index (χ4n) is 0.943. The number of amides is 1. The van der Waals surface area contributed by atoms with E-state index in [-0.39, 0.29) is 5.88 Å². The largest absolute Gasteiger partial charge is 0.481 e. The first-order chi connectivity index (χ1) is 6.06. The van der Waals surface area contributed by atoms with Crippen molar-refractivity contribution < 1.29 is 13.9 Å². The quantitative estimate of drug-likeness (QED) is 0.733. The number of methoxy groups -OCH3 is 1. The number of hydrogen-bond acceptors (Lipinski definition) is 3. The minimum Gasteiger partial charge on any atom is -0.481 e. The number of aromatic nitrogens is 1. The van der Waals surface area contributed by atoms with E-state index >= 15 is 0 Å². The summed E-state index contributed by atoms with van der Waals surface area (Å²) in [6.07, 6.45) is 0. The number of pyridine rings is 1. The van der Waals surface area contributed by atoms with Crippen LogP contribution in [0.1, 0.15) is 16.1 Å². The lowest BCUT2D eigenvalue weighted by atomic mass is 10.2. The van der Waals surface area contributed by atoms with E-state index in [0.717, 1.165) is 6.07 Å². The molecule has 1 aromatic rings. The van der Waals surface area contributed by atoms with Crippen LogP contribution in [0, 0.1) is 12.7 Å². The van der Waals surface area contributed by atoms with Crippen LogP contribution in [0.2, 0.25) is 0 Å². The van der Waals surface area contributed by atoms with E-state index in [2.05, 4.69) is 4.98 Å². The molecule has 0 spiro atoms. The molecule has 2 N–H and O–H groups in total. The number of carbonyl (C=O) groups is 1. The van der Waals surface area contributed by atoms with Crippen molar-refractivity contribution in [3.05, 3.63) is 23.1 Å². The van der Waals surface area contributed by atoms with Gasteiger partial charge in [0, 0.05) is 5.56 Å². The van der Waals surface area contributed by atoms with Gasteiger partial charge in [0.1, 0.15) is 0 Å². The van der Waals surface area contributed by atoms with Gasteiger partial charge in [0.05, 0.1) is 7.11 Å². The number of nitrogens with zero attached hydrogens (tertiary/aromatic N) is 1. The van der Waals surface area contributed by atoms with Crippen molar-refractivity contribution in [2.45, 2.75) is 6.92 Å². The number of hydrogen-bond donors (Lipinski definition) is 1. The first-order valence-electron chi connectivity index (χ1n) is 3.57. The molecule has 70 valence electrons. The summed E-state index contributed by atoms with van der Waals surface area (Å²) in [5.41, 5.74) is 5.01. The Labute approximate surface area is 74.5 Å². The first-order valence-corrected chi connectivity index (χ1v) is 3.57. The summed E-state index contributed by atoms with van der Waals surface area (Å²) < 4.78 is 17.8. The molecule has 0 radical (unpaired) electrons. The van der Waals surface area contributed by atoms with Gasteiger partial charge in [-0.3, -0.25) is 4.79 Å². The van der Waals surface area contributed by atoms with Crippen molar-refractivity contribution in [3.63, 3.8) is 0 Å². The lowest BCUT2D eigenvalue weighted by molar-refractivity contribution is 0.0990. The molecule has 0 saturated carbocycles. The molecule has 4 nitrogen and oxygen atoms in total. The summed E-state index contributed by atoms with van der Waals surface area (Å²) in [6.45, 7) is 1.62. The second-order valence-corrected chi connectivity index (χ2v) is 2.51. The normalized spacial score (nSPS) is 9.77. The zero-order valence-electron chi connectivity index (χ0n) is 7.30. The van der Waals surface area contributed by atoms with Crippen molar-refractivity contribution in [2.24, 2.45) is 5.73 Å². The second-order valence-electron chi connectivity index (χ2n) is 2.51. The molecule has 0 bridgehead atoms. The fourth-order valence-corrected chi connectivity index (χ4v) is 0.943. The van der Waals surface area contributed by atoms with E-state index in [0.29, 0.717) is 5.56 Å². The maximum absolute atomic E-state index is 13.0. The molecular formula is C8H9FN2O2. The highest BCUT2D eigenvalue weighted by Gasteiger charge is 2.13. The van der Waals surface area contributed by atoms with Crippen LogP contribution >= 0.6 is 0 Å². The Morgan fingerprint density at radius 3 is 2.77 bits per heavy atom. The van der Waals surface area contributed by atoms with E-state index in [4.69, 9.17) is 10.5 Å². The molecule has 0 aliphatic carbocycles. The van der Waals surface area contributed by atoms with Crippen LogP contribution in [0.5, 0.6) is 5.88 Å². The highest BCUT2D eigenvalue weighted by atomic mass is 19.1. The molecule has 13 heavy (non-hydrogen) atoms. The summed E-state index contributed by atoms with van der Waals surface area (Å²) in [4.78, 5) is 14.3. The zero-order chi connectivity index (χ0) is 10.0. The topological polar surface area (TPSA) is 65.2 Å². The van der Waals surface area contributed by atoms with Crippen LogP contribution in [0.4, 0.5) is 4.39 Å². The van der Waals surface area contributed by atoms with Gasteiger partial charge in [-0.25, -0.2) is 9.37 Å². The Hall–Kier alpha value is -1.65. The van der Waals surface area contributed by atoms with Gasteiger partial charge in [-0.05, 0) is 13.0 Å². The standard InChI is InChI=1S/C8H9FN2O2/c1-4-3-5(9)6(7(10)12)11-8(4)13-2/h3H,1-2H3,(H2,10,12). The van der Waals surface area contributed by atoms with Crippen molar-refractivity contribution in [1.29, 1.82) is 0 Å². The van der Waals surface area contributed by atoms with E-state index in [1.807, 2.05) is 0 Å². The third-order valence-corrected chi connectivity index (χ3v) is 1.55. The third kappa shape index (κ3) is 1.74. The summed E-state index contributed by atoms with van der Waals surface area (Å²) in [5, 5.41) is 0. The van der Waals surface area contributed by atoms with Gasteiger partial charge in [-0.1, -0.05) is 0 Å². The number of primary amides is 1. The molecule has 5 heteroatoms. The van der Waals surface area contributed by atoms with Crippen LogP contribution in [-0.4, -0.2) is 18.0 Å². The highest BCUT2D eigenvalue weighted by molar-refractivity contribution is 5.91. The lowest BCUT2D eigenvalue weighted by Gasteiger charge is -2.05. The lowest BCUT2D eigenvalue weighted by Crippen LogP contribution is -2.16. The predicted octanol–water partition coefficient (Wildman–Crippen LogP) is 0.637. The summed E-state index contributed by atoms with van der Waals surface area (Å²) in [6, 6.07) is 1.16. The van der Waals surface area contributed by atoms with Gasteiger partial charge in [-0.2, -0.15) is 0 Å². The average molecular weight is 184 g/mol. The van der Waals surface area contributed by atoms with Gasteiger partial charge < -0.3 is 10.5 Å². The van der Waals surface area contributed by atoms with E-state index < -0.39 is 17.4 Å². The zero-order valence-corrected chi connectivity index (χ0v) is 7.30. The minimum absolute atomic E-state index is 0.204. The Kier molecular flexibility index (Phi) is 2.46. The van der Waals surface area contributed by atoms with Crippen LogP contribution in [0.3, 0.4) is 0 Å². The fraction of sp³-hybridized carbons (Fsp3) is 0.250. The second kappa shape index (κ2) is 3.38. The molecule has 0 atom stereocenters. The molecule has 1 heterocycles. The van der Waals surface area contributed by atoms with Crippen molar-refractivity contribution in [3.8, 4) is 5.88 Å². The smallest absolute Gasteiger partial charge is 0.270 e. The van der Waals surface area contributed by atoms with Crippen LogP contribution in [0.25, 0.3) is 0 Å². The van der Waals surface area contributed by atoms with Crippen molar-refractivity contribution in [2.75, 3.05) is 7.11 Å². The van der Waals surface area contributed by atoms with Gasteiger partial charge in [-0.15, -0.1) is 0 Å². The number of carbonyl (C=O) groups excluding carboxylic acids is 1. The Morgan fingerprint density at radius 2 is 2.31 bits per heavy atom. The Balaban J connectivity index is 3.30. The molecule has 1 aromatic heterocycles. The maximum Gasteiger partial charge on any atom is 0.270 e. The number of ether oxygens (including phenoxy) is 1. The van der Waals surface area contributed by atoms with E-state index in [1.54, 1.807) is 6.92 Å². The number of rotatable bonds is 2. The average Bonchev–Trinajstić information content (AvgIpc) is 2.03. The molecule has 1 amide bonds. The molecule has 0 fully saturated rings. The molecule has 0 aliphatic heterocycles. The Bertz CT molecular complexity index is 352. The molecule has 0 saturated heterocycles. The van der Waals surface area contributed by atoms with Gasteiger partial charge in [0.15, 0.2) is 11.5 Å². The van der Waals surface area contributed by atoms with E-state index in [1.165, 1.54) is 7.11 Å². The monoisotopic (exact) mass is 184 g/mol. The van der Waals surface area contributed by atoms with Gasteiger partial charge >= 0.3 is 0 Å². The van der Waals surface area contributed by atoms with Crippen LogP contribution < -0.4 is 10.5 Å². The van der Waals surface area contributed by atoms with Gasteiger partial charge in [0.25, 0.3) is 5.91 Å². The molecule has 1 rings (SSSR count). The predicted molar refractivity (Wildman–Crippen MR) is 44.0 cm³/mol. The summed E-state index contributed by atoms with van der Waals surface area (Å²) in [5.74, 6) is -1.43. The van der Waals surface area contributed by atoms with E-state index in [9.17, 15) is 9.18 Å². The van der Waals surface area contributed by atoms with Crippen molar-refractivity contribution >= 4 is 5.91 Å². The van der Waals surface area contributed by atoms with Crippen molar-refractivity contribution in [1.82, 2.24) is 4.98 Å². The third-order valence-electron chi connectivity index (χ3n) is 1.55. The highest BCUT2D eigenvalue weighted by Crippen LogP contribution is 2.16. The van der Waals surface area contributed by atoms with Gasteiger partial charge in [0.2, 0.25) is 5.88 Å². The molecular weight excluding hydrogens is 175 g/mol. The summed E-state index contributed by atoms with van der Waals surface area (Å²) in [7, 11) is 1.39. The number of aryl methyl sites for hydroxylation is 1. The number of nitrogens with two attached hydrogens (primary N) is 1. The first kappa shape index (κ1) is 9.44. The number of halogens is 1.